The van der Waals surface area contributed by atoms with Crippen molar-refractivity contribution >= 4 is 11.8 Å². The molecule has 142 valence electrons. The molecule has 6 heteroatoms. The number of carbonyl (C=O) groups is 2. The number of aromatic nitrogens is 1. The molecule has 2 N–H and O–H groups in total. The molecule has 2 aromatic rings. The van der Waals surface area contributed by atoms with Crippen LogP contribution in [0, 0.1) is 0 Å². The van der Waals surface area contributed by atoms with Gasteiger partial charge in [-0.15, -0.1) is 0 Å². The van der Waals surface area contributed by atoms with Gasteiger partial charge in [0.05, 0.1) is 11.7 Å². The van der Waals surface area contributed by atoms with Gasteiger partial charge in [-0.05, 0) is 43.0 Å². The maximum atomic E-state index is 12.9. The summed E-state index contributed by atoms with van der Waals surface area (Å²) in [5.41, 5.74) is 7.98. The summed E-state index contributed by atoms with van der Waals surface area (Å²) in [5, 5.41) is 0. The summed E-state index contributed by atoms with van der Waals surface area (Å²) in [6, 6.07) is 9.06. The van der Waals surface area contributed by atoms with Gasteiger partial charge in [-0.1, -0.05) is 19.1 Å². The van der Waals surface area contributed by atoms with Crippen molar-refractivity contribution < 1.29 is 14.3 Å². The second-order valence-electron chi connectivity index (χ2n) is 6.79. The number of amides is 2. The molecule has 6 nitrogen and oxygen atoms in total. The molecule has 0 aliphatic carbocycles. The number of hydrogen-bond donors (Lipinski definition) is 1. The molecule has 0 saturated carbocycles. The molecule has 1 fully saturated rings. The van der Waals surface area contributed by atoms with E-state index in [0.717, 1.165) is 37.0 Å². The van der Waals surface area contributed by atoms with Crippen LogP contribution in [-0.4, -0.2) is 47.5 Å². The van der Waals surface area contributed by atoms with Crippen molar-refractivity contribution in [3.05, 3.63) is 53.9 Å². The van der Waals surface area contributed by atoms with E-state index in [0.29, 0.717) is 24.2 Å². The van der Waals surface area contributed by atoms with Crippen LogP contribution in [0.3, 0.4) is 0 Å². The van der Waals surface area contributed by atoms with E-state index >= 15 is 0 Å². The Morgan fingerprint density at radius 2 is 1.96 bits per heavy atom. The lowest BCUT2D eigenvalue weighted by Gasteiger charge is -2.25. The van der Waals surface area contributed by atoms with Crippen molar-refractivity contribution in [2.45, 2.75) is 32.3 Å². The first-order valence-electron chi connectivity index (χ1n) is 9.34. The molecule has 2 amide bonds. The maximum Gasteiger partial charge on any atom is 0.253 e. The van der Waals surface area contributed by atoms with Crippen LogP contribution in [0.5, 0.6) is 0 Å². The fourth-order valence-corrected chi connectivity index (χ4v) is 3.30. The third-order valence-corrected chi connectivity index (χ3v) is 4.72. The number of nitrogens with two attached hydrogens (primary N) is 1. The van der Waals surface area contributed by atoms with E-state index in [9.17, 15) is 9.59 Å². The molecule has 27 heavy (non-hydrogen) atoms. The molecule has 0 bridgehead atoms. The van der Waals surface area contributed by atoms with E-state index in [2.05, 4.69) is 11.9 Å². The van der Waals surface area contributed by atoms with E-state index in [-0.39, 0.29) is 12.0 Å². The second kappa shape index (κ2) is 8.77. The summed E-state index contributed by atoms with van der Waals surface area (Å²) in [6.07, 6.45) is 6.23. The second-order valence-corrected chi connectivity index (χ2v) is 6.79. The van der Waals surface area contributed by atoms with Crippen LogP contribution in [-0.2, 0) is 4.74 Å². The van der Waals surface area contributed by atoms with Crippen molar-refractivity contribution in [2.24, 2.45) is 5.73 Å². The normalized spacial score (nSPS) is 16.3. The van der Waals surface area contributed by atoms with Crippen molar-refractivity contribution in [1.29, 1.82) is 0 Å². The Morgan fingerprint density at radius 3 is 2.59 bits per heavy atom. The highest BCUT2D eigenvalue weighted by molar-refractivity contribution is 5.95. The van der Waals surface area contributed by atoms with Gasteiger partial charge in [-0.25, -0.2) is 0 Å². The molecule has 1 aliphatic rings. The summed E-state index contributed by atoms with van der Waals surface area (Å²) in [7, 11) is 0. The Hall–Kier alpha value is -2.73. The molecular weight excluding hydrogens is 342 g/mol. The van der Waals surface area contributed by atoms with E-state index in [1.807, 2.05) is 29.2 Å². The predicted molar refractivity (Wildman–Crippen MR) is 103 cm³/mol. The first kappa shape index (κ1) is 19.0. The zero-order valence-corrected chi connectivity index (χ0v) is 15.6. The summed E-state index contributed by atoms with van der Waals surface area (Å²) >= 11 is 0. The topological polar surface area (TPSA) is 85.5 Å². The van der Waals surface area contributed by atoms with Gasteiger partial charge in [0, 0.05) is 43.2 Å². The molecule has 3 rings (SSSR count). The average molecular weight is 367 g/mol. The molecule has 0 radical (unpaired) electrons. The van der Waals surface area contributed by atoms with Gasteiger partial charge in [0.2, 0.25) is 5.91 Å². The van der Waals surface area contributed by atoms with Crippen molar-refractivity contribution in [2.75, 3.05) is 19.7 Å². The van der Waals surface area contributed by atoms with E-state index in [1.165, 1.54) is 6.20 Å². The average Bonchev–Trinajstić information content (AvgIpc) is 3.20. The molecule has 1 aliphatic heterocycles. The third-order valence-electron chi connectivity index (χ3n) is 4.72. The van der Waals surface area contributed by atoms with Crippen LogP contribution in [0.25, 0.3) is 11.1 Å². The first-order chi connectivity index (χ1) is 13.1. The smallest absolute Gasteiger partial charge is 0.253 e. The highest BCUT2D eigenvalue weighted by Gasteiger charge is 2.23. The third kappa shape index (κ3) is 4.71. The van der Waals surface area contributed by atoms with Crippen LogP contribution in [0.15, 0.2) is 42.7 Å². The van der Waals surface area contributed by atoms with Gasteiger partial charge in [-0.2, -0.15) is 0 Å². The van der Waals surface area contributed by atoms with Gasteiger partial charge in [-0.3, -0.25) is 14.6 Å². The summed E-state index contributed by atoms with van der Waals surface area (Å²) in [4.78, 5) is 30.2. The number of nitrogens with zero attached hydrogens (tertiary/aromatic N) is 2. The predicted octanol–water partition coefficient (Wildman–Crippen LogP) is 2.88. The Kier molecular flexibility index (Phi) is 6.19. The molecule has 2 heterocycles. The molecular formula is C21H25N3O3. The van der Waals surface area contributed by atoms with Gasteiger partial charge in [0.25, 0.3) is 5.91 Å². The van der Waals surface area contributed by atoms with Gasteiger partial charge in [0.15, 0.2) is 0 Å². The Morgan fingerprint density at radius 1 is 1.19 bits per heavy atom. The largest absolute Gasteiger partial charge is 0.376 e. The van der Waals surface area contributed by atoms with Gasteiger partial charge < -0.3 is 15.4 Å². The molecule has 0 spiro atoms. The summed E-state index contributed by atoms with van der Waals surface area (Å²) < 4.78 is 5.68. The number of rotatable bonds is 7. The summed E-state index contributed by atoms with van der Waals surface area (Å²) in [5.74, 6) is -0.497. The number of pyridine rings is 1. The first-order valence-corrected chi connectivity index (χ1v) is 9.34. The Labute approximate surface area is 159 Å². The highest BCUT2D eigenvalue weighted by Crippen LogP contribution is 2.21. The van der Waals surface area contributed by atoms with Crippen molar-refractivity contribution in [3.63, 3.8) is 0 Å². The minimum atomic E-state index is -0.513. The zero-order chi connectivity index (χ0) is 19.2. The fourth-order valence-electron chi connectivity index (χ4n) is 3.30. The Bertz CT molecular complexity index is 799. The van der Waals surface area contributed by atoms with Crippen molar-refractivity contribution in [1.82, 2.24) is 9.88 Å². The fraction of sp³-hybridized carbons (Fsp3) is 0.381. The van der Waals surface area contributed by atoms with E-state index < -0.39 is 5.91 Å². The van der Waals surface area contributed by atoms with Gasteiger partial charge >= 0.3 is 0 Å². The lowest BCUT2D eigenvalue weighted by atomic mass is 10.0. The van der Waals surface area contributed by atoms with Crippen LogP contribution >= 0.6 is 0 Å². The van der Waals surface area contributed by atoms with Crippen LogP contribution < -0.4 is 5.73 Å². The number of hydrogen-bond acceptors (Lipinski definition) is 4. The monoisotopic (exact) mass is 367 g/mol. The van der Waals surface area contributed by atoms with E-state index in [4.69, 9.17) is 10.5 Å². The van der Waals surface area contributed by atoms with Crippen molar-refractivity contribution in [3.8, 4) is 11.1 Å². The number of ether oxygens (including phenoxy) is 1. The highest BCUT2D eigenvalue weighted by atomic mass is 16.5. The number of carbonyl (C=O) groups excluding carboxylic acids is 2. The lowest BCUT2D eigenvalue weighted by molar-refractivity contribution is 0.0526. The quantitative estimate of drug-likeness (QED) is 0.815. The SMILES string of the molecule is CCCN(C[C@@H]1CCCO1)C(=O)c1ccc(-c2cncc(C(N)=O)c2)cc1. The zero-order valence-electron chi connectivity index (χ0n) is 15.6. The maximum absolute atomic E-state index is 12.9. The standard InChI is InChI=1S/C21H25N3O3/c1-2-9-24(14-19-4-3-10-27-19)21(26)16-7-5-15(6-8-16)17-11-18(20(22)25)13-23-12-17/h5-8,11-13,19H,2-4,9-10,14H2,1H3,(H2,22,25)/t19-/m0/s1. The van der Waals surface area contributed by atoms with Crippen LogP contribution in [0.4, 0.5) is 0 Å². The molecule has 1 aromatic carbocycles. The minimum absolute atomic E-state index is 0.0166. The summed E-state index contributed by atoms with van der Waals surface area (Å²) in [6.45, 7) is 4.20. The van der Waals surface area contributed by atoms with Crippen LogP contribution in [0.2, 0.25) is 0 Å². The van der Waals surface area contributed by atoms with Crippen LogP contribution in [0.1, 0.15) is 46.9 Å². The molecule has 1 saturated heterocycles. The molecule has 1 atom stereocenters. The number of benzene rings is 1. The lowest BCUT2D eigenvalue weighted by Crippen LogP contribution is -2.37. The minimum Gasteiger partial charge on any atom is -0.376 e. The number of primary amides is 1. The van der Waals surface area contributed by atoms with Gasteiger partial charge in [0.1, 0.15) is 0 Å². The molecule has 1 aromatic heterocycles. The van der Waals surface area contributed by atoms with E-state index in [1.54, 1.807) is 12.3 Å². The molecule has 0 unspecified atom stereocenters. The Balaban J connectivity index is 1.75.